The van der Waals surface area contributed by atoms with Crippen LogP contribution >= 0.6 is 23.4 Å². The van der Waals surface area contributed by atoms with Gasteiger partial charge in [0.15, 0.2) is 0 Å². The van der Waals surface area contributed by atoms with Gasteiger partial charge in [0.05, 0.1) is 21.4 Å². The van der Waals surface area contributed by atoms with Gasteiger partial charge in [-0.1, -0.05) is 37.2 Å². The molecule has 146 valence electrons. The van der Waals surface area contributed by atoms with Gasteiger partial charge in [-0.2, -0.15) is 5.26 Å². The SMILES string of the molecule is CC(C)Cc1ccc(C#N)c(SC(C)C(=O)Nc2ccc(Cl)c(C(=O)O)c2)n1. The number of halogens is 1. The van der Waals surface area contributed by atoms with Crippen molar-refractivity contribution in [1.82, 2.24) is 4.98 Å². The van der Waals surface area contributed by atoms with Crippen LogP contribution in [0.15, 0.2) is 35.4 Å². The highest BCUT2D eigenvalue weighted by Crippen LogP contribution is 2.27. The smallest absolute Gasteiger partial charge is 0.337 e. The zero-order valence-electron chi connectivity index (χ0n) is 15.7. The average molecular weight is 418 g/mol. The number of amides is 1. The summed E-state index contributed by atoms with van der Waals surface area (Å²) in [4.78, 5) is 28.2. The van der Waals surface area contributed by atoms with Crippen molar-refractivity contribution >= 4 is 40.9 Å². The van der Waals surface area contributed by atoms with E-state index in [4.69, 9.17) is 16.7 Å². The first-order chi connectivity index (χ1) is 13.2. The molecule has 0 aliphatic rings. The molecule has 2 rings (SSSR count). The lowest BCUT2D eigenvalue weighted by molar-refractivity contribution is -0.115. The molecule has 0 saturated carbocycles. The van der Waals surface area contributed by atoms with Crippen molar-refractivity contribution in [3.63, 3.8) is 0 Å². The first kappa shape index (κ1) is 21.7. The summed E-state index contributed by atoms with van der Waals surface area (Å²) in [6.07, 6.45) is 0.780. The third-order valence-electron chi connectivity index (χ3n) is 3.78. The third kappa shape index (κ3) is 5.72. The van der Waals surface area contributed by atoms with Gasteiger partial charge in [0.25, 0.3) is 0 Å². The number of carbonyl (C=O) groups is 2. The molecular weight excluding hydrogens is 398 g/mol. The van der Waals surface area contributed by atoms with Crippen molar-refractivity contribution in [3.8, 4) is 6.07 Å². The van der Waals surface area contributed by atoms with Crippen LogP contribution < -0.4 is 5.32 Å². The highest BCUT2D eigenvalue weighted by Gasteiger charge is 2.19. The number of carbonyl (C=O) groups excluding carboxylic acids is 1. The topological polar surface area (TPSA) is 103 Å². The summed E-state index contributed by atoms with van der Waals surface area (Å²) < 4.78 is 0. The van der Waals surface area contributed by atoms with Crippen molar-refractivity contribution in [1.29, 1.82) is 5.26 Å². The van der Waals surface area contributed by atoms with Gasteiger partial charge in [-0.15, -0.1) is 0 Å². The molecule has 2 aromatic rings. The first-order valence-electron chi connectivity index (χ1n) is 8.61. The summed E-state index contributed by atoms with van der Waals surface area (Å²) in [5.41, 5.74) is 1.53. The second-order valence-corrected chi connectivity index (χ2v) is 8.35. The molecule has 8 heteroatoms. The zero-order valence-corrected chi connectivity index (χ0v) is 17.3. The minimum absolute atomic E-state index is 0.0883. The number of rotatable bonds is 7. The van der Waals surface area contributed by atoms with Crippen LogP contribution in [0.4, 0.5) is 5.69 Å². The van der Waals surface area contributed by atoms with E-state index in [1.807, 2.05) is 6.07 Å². The van der Waals surface area contributed by atoms with Crippen LogP contribution in [0, 0.1) is 17.2 Å². The molecular formula is C20H20ClN3O3S. The zero-order chi connectivity index (χ0) is 20.8. The number of aromatic nitrogens is 1. The van der Waals surface area contributed by atoms with Gasteiger partial charge in [-0.3, -0.25) is 4.79 Å². The number of carboxylic acid groups (broad SMARTS) is 1. The van der Waals surface area contributed by atoms with Crippen molar-refractivity contribution in [2.45, 2.75) is 37.5 Å². The monoisotopic (exact) mass is 417 g/mol. The lowest BCUT2D eigenvalue weighted by Gasteiger charge is -2.14. The van der Waals surface area contributed by atoms with Crippen LogP contribution in [0.2, 0.25) is 5.02 Å². The fourth-order valence-electron chi connectivity index (χ4n) is 2.42. The van der Waals surface area contributed by atoms with Crippen LogP contribution in [0.3, 0.4) is 0 Å². The molecule has 0 radical (unpaired) electrons. The number of thioether (sulfide) groups is 1. The summed E-state index contributed by atoms with van der Waals surface area (Å²) in [6, 6.07) is 9.91. The molecule has 28 heavy (non-hydrogen) atoms. The molecule has 0 saturated heterocycles. The highest BCUT2D eigenvalue weighted by molar-refractivity contribution is 8.00. The van der Waals surface area contributed by atoms with Gasteiger partial charge in [-0.25, -0.2) is 9.78 Å². The second-order valence-electron chi connectivity index (χ2n) is 6.61. The van der Waals surface area contributed by atoms with Crippen molar-refractivity contribution in [2.75, 3.05) is 5.32 Å². The molecule has 0 bridgehead atoms. The van der Waals surface area contributed by atoms with Gasteiger partial charge in [0, 0.05) is 11.4 Å². The molecule has 0 spiro atoms. The molecule has 1 aromatic carbocycles. The van der Waals surface area contributed by atoms with Gasteiger partial charge in [0.1, 0.15) is 11.1 Å². The first-order valence-corrected chi connectivity index (χ1v) is 9.87. The van der Waals surface area contributed by atoms with Crippen LogP contribution in [-0.2, 0) is 11.2 Å². The normalized spacial score (nSPS) is 11.7. The molecule has 6 nitrogen and oxygen atoms in total. The number of carboxylic acids is 1. The summed E-state index contributed by atoms with van der Waals surface area (Å²) in [6.45, 7) is 5.87. The van der Waals surface area contributed by atoms with E-state index in [0.29, 0.717) is 22.2 Å². The molecule has 1 aromatic heterocycles. The van der Waals surface area contributed by atoms with E-state index in [1.165, 1.54) is 30.0 Å². The Kier molecular flexibility index (Phi) is 7.44. The molecule has 1 unspecified atom stereocenters. The fraction of sp³-hybridized carbons (Fsp3) is 0.300. The van der Waals surface area contributed by atoms with E-state index >= 15 is 0 Å². The van der Waals surface area contributed by atoms with Gasteiger partial charge >= 0.3 is 5.97 Å². The quantitative estimate of drug-likeness (QED) is 0.637. The Balaban J connectivity index is 2.15. The number of aromatic carboxylic acids is 1. The Morgan fingerprint density at radius 2 is 2.00 bits per heavy atom. The Morgan fingerprint density at radius 1 is 1.29 bits per heavy atom. The Labute approximate surface area is 172 Å². The van der Waals surface area contributed by atoms with Crippen LogP contribution in [-0.4, -0.2) is 27.2 Å². The molecule has 0 aliphatic heterocycles. The van der Waals surface area contributed by atoms with Gasteiger partial charge in [-0.05, 0) is 49.6 Å². The van der Waals surface area contributed by atoms with E-state index < -0.39 is 11.2 Å². The largest absolute Gasteiger partial charge is 0.478 e. The summed E-state index contributed by atoms with van der Waals surface area (Å²) in [7, 11) is 0. The summed E-state index contributed by atoms with van der Waals surface area (Å²) in [5, 5.41) is 21.2. The number of pyridine rings is 1. The number of hydrogen-bond acceptors (Lipinski definition) is 5. The minimum atomic E-state index is -1.17. The van der Waals surface area contributed by atoms with Crippen molar-refractivity contribution in [3.05, 3.63) is 52.2 Å². The number of nitrogens with one attached hydrogen (secondary N) is 1. The molecule has 1 atom stereocenters. The van der Waals surface area contributed by atoms with E-state index in [1.54, 1.807) is 13.0 Å². The van der Waals surface area contributed by atoms with E-state index in [2.05, 4.69) is 30.2 Å². The summed E-state index contributed by atoms with van der Waals surface area (Å²) in [5.74, 6) is -1.08. The molecule has 1 amide bonds. The lowest BCUT2D eigenvalue weighted by atomic mass is 10.1. The van der Waals surface area contributed by atoms with E-state index in [-0.39, 0.29) is 16.5 Å². The lowest BCUT2D eigenvalue weighted by Crippen LogP contribution is -2.23. The maximum absolute atomic E-state index is 12.5. The molecule has 0 fully saturated rings. The van der Waals surface area contributed by atoms with Crippen molar-refractivity contribution < 1.29 is 14.7 Å². The standard InChI is InChI=1S/C20H20ClN3O3S/c1-11(2)8-14-5-4-13(10-22)19(24-14)28-12(3)18(25)23-15-6-7-17(21)16(9-15)20(26)27/h4-7,9,11-12H,8H2,1-3H3,(H,23,25)(H,26,27). The number of hydrogen-bond donors (Lipinski definition) is 2. The second kappa shape index (κ2) is 9.58. The van der Waals surface area contributed by atoms with Gasteiger partial charge < -0.3 is 10.4 Å². The Morgan fingerprint density at radius 3 is 2.61 bits per heavy atom. The third-order valence-corrected chi connectivity index (χ3v) is 5.21. The number of nitriles is 1. The van der Waals surface area contributed by atoms with Crippen LogP contribution in [0.25, 0.3) is 0 Å². The molecule has 0 aliphatic carbocycles. The number of anilines is 1. The fourth-order valence-corrected chi connectivity index (χ4v) is 3.53. The number of nitrogens with zero attached hydrogens (tertiary/aromatic N) is 2. The minimum Gasteiger partial charge on any atom is -0.478 e. The maximum Gasteiger partial charge on any atom is 0.337 e. The predicted octanol–water partition coefficient (Wildman–Crippen LogP) is 4.62. The summed E-state index contributed by atoms with van der Waals surface area (Å²) >= 11 is 7.03. The average Bonchev–Trinajstić information content (AvgIpc) is 2.62. The van der Waals surface area contributed by atoms with Crippen LogP contribution in [0.5, 0.6) is 0 Å². The Hall–Kier alpha value is -2.56. The van der Waals surface area contributed by atoms with E-state index in [0.717, 1.165) is 12.1 Å². The van der Waals surface area contributed by atoms with Gasteiger partial charge in [0.2, 0.25) is 5.91 Å². The highest BCUT2D eigenvalue weighted by atomic mass is 35.5. The number of benzene rings is 1. The van der Waals surface area contributed by atoms with E-state index in [9.17, 15) is 14.9 Å². The molecule has 1 heterocycles. The molecule has 2 N–H and O–H groups in total. The predicted molar refractivity (Wildman–Crippen MR) is 110 cm³/mol. The van der Waals surface area contributed by atoms with Crippen LogP contribution in [0.1, 0.15) is 42.4 Å². The Bertz CT molecular complexity index is 941. The van der Waals surface area contributed by atoms with Crippen molar-refractivity contribution in [2.24, 2.45) is 5.92 Å². The maximum atomic E-state index is 12.5.